The molecule has 0 radical (unpaired) electrons. The van der Waals surface area contributed by atoms with E-state index < -0.39 is 5.60 Å². The number of aromatic nitrogens is 3. The normalized spacial score (nSPS) is 23.9. The average molecular weight is 300 g/mol. The van der Waals surface area contributed by atoms with Gasteiger partial charge in [-0.25, -0.2) is 4.98 Å². The number of rotatable bonds is 3. The van der Waals surface area contributed by atoms with Crippen LogP contribution >= 0.6 is 0 Å². The van der Waals surface area contributed by atoms with Gasteiger partial charge < -0.3 is 15.5 Å². The van der Waals surface area contributed by atoms with Gasteiger partial charge in [0.2, 0.25) is 5.95 Å². The smallest absolute Gasteiger partial charge is 0.243 e. The number of hydrogen-bond donors (Lipinski definition) is 3. The van der Waals surface area contributed by atoms with E-state index >= 15 is 0 Å². The molecule has 1 aromatic heterocycles. The van der Waals surface area contributed by atoms with Crippen molar-refractivity contribution in [1.29, 1.82) is 0 Å². The van der Waals surface area contributed by atoms with Crippen molar-refractivity contribution >= 4 is 5.95 Å². The van der Waals surface area contributed by atoms with Crippen molar-refractivity contribution in [2.24, 2.45) is 0 Å². The lowest BCUT2D eigenvalue weighted by Gasteiger charge is -2.41. The Morgan fingerprint density at radius 2 is 1.95 bits per heavy atom. The first-order valence-electron chi connectivity index (χ1n) is 7.34. The van der Waals surface area contributed by atoms with Gasteiger partial charge >= 0.3 is 0 Å². The molecular formula is C16H20N4O2. The second kappa shape index (κ2) is 5.21. The molecule has 0 bridgehead atoms. The molecule has 1 saturated carbocycles. The maximum Gasteiger partial charge on any atom is 0.243 e. The van der Waals surface area contributed by atoms with Gasteiger partial charge in [-0.1, -0.05) is 6.07 Å². The van der Waals surface area contributed by atoms with E-state index in [1.807, 2.05) is 32.9 Å². The molecule has 2 aromatic rings. The number of phenols is 1. The molecule has 0 amide bonds. The van der Waals surface area contributed by atoms with E-state index in [9.17, 15) is 10.2 Å². The van der Waals surface area contributed by atoms with E-state index in [2.05, 4.69) is 20.5 Å². The lowest BCUT2D eigenvalue weighted by Crippen LogP contribution is -2.48. The first-order chi connectivity index (χ1) is 10.3. The summed E-state index contributed by atoms with van der Waals surface area (Å²) in [4.78, 5) is 4.41. The SMILES string of the molecule is Cc1ccc(-c2nnc(N[C@H]3C[C@@](C)(O)C3)nc2C)c(O)c1. The van der Waals surface area contributed by atoms with Gasteiger partial charge in [0, 0.05) is 11.6 Å². The Morgan fingerprint density at radius 1 is 1.23 bits per heavy atom. The fourth-order valence-corrected chi connectivity index (χ4v) is 2.84. The van der Waals surface area contributed by atoms with Crippen molar-refractivity contribution in [2.75, 3.05) is 5.32 Å². The third-order valence-electron chi connectivity index (χ3n) is 3.97. The highest BCUT2D eigenvalue weighted by molar-refractivity contribution is 5.68. The van der Waals surface area contributed by atoms with Crippen molar-refractivity contribution in [1.82, 2.24) is 15.2 Å². The summed E-state index contributed by atoms with van der Waals surface area (Å²) >= 11 is 0. The van der Waals surface area contributed by atoms with Gasteiger partial charge in [-0.05, 0) is 51.3 Å². The Kier molecular flexibility index (Phi) is 3.48. The highest BCUT2D eigenvalue weighted by Crippen LogP contribution is 2.34. The number of benzene rings is 1. The molecule has 1 aliphatic carbocycles. The van der Waals surface area contributed by atoms with Crippen molar-refractivity contribution in [3.8, 4) is 17.0 Å². The molecule has 0 atom stereocenters. The quantitative estimate of drug-likeness (QED) is 0.805. The third kappa shape index (κ3) is 2.87. The minimum atomic E-state index is -0.590. The summed E-state index contributed by atoms with van der Waals surface area (Å²) in [7, 11) is 0. The Bertz CT molecular complexity index is 707. The zero-order valence-electron chi connectivity index (χ0n) is 13.0. The highest BCUT2D eigenvalue weighted by atomic mass is 16.3. The summed E-state index contributed by atoms with van der Waals surface area (Å²) in [6, 6.07) is 5.60. The molecule has 1 heterocycles. The molecule has 0 spiro atoms. The minimum absolute atomic E-state index is 0.176. The molecule has 6 heteroatoms. The van der Waals surface area contributed by atoms with E-state index in [0.29, 0.717) is 35.7 Å². The predicted octanol–water partition coefficient (Wildman–Crippen LogP) is 2.19. The summed E-state index contributed by atoms with van der Waals surface area (Å²) in [5.41, 5.74) is 2.29. The summed E-state index contributed by atoms with van der Waals surface area (Å²) in [6.07, 6.45) is 1.35. The molecule has 3 N–H and O–H groups in total. The van der Waals surface area contributed by atoms with E-state index in [4.69, 9.17) is 0 Å². The molecule has 22 heavy (non-hydrogen) atoms. The van der Waals surface area contributed by atoms with Crippen LogP contribution in [0, 0.1) is 13.8 Å². The number of aryl methyl sites for hydroxylation is 2. The van der Waals surface area contributed by atoms with Crippen molar-refractivity contribution < 1.29 is 10.2 Å². The average Bonchev–Trinajstić information content (AvgIpc) is 2.38. The summed E-state index contributed by atoms with van der Waals surface area (Å²) in [6.45, 7) is 5.57. The molecule has 1 aromatic carbocycles. The molecule has 1 aliphatic rings. The lowest BCUT2D eigenvalue weighted by atomic mass is 9.77. The van der Waals surface area contributed by atoms with Gasteiger partial charge in [0.25, 0.3) is 0 Å². The van der Waals surface area contributed by atoms with Crippen molar-refractivity contribution in [2.45, 2.75) is 45.3 Å². The standard InChI is InChI=1S/C16H20N4O2/c1-9-4-5-12(13(21)6-9)14-10(2)17-15(20-19-14)18-11-7-16(3,22)8-11/h4-6,11,21-22H,7-8H2,1-3H3,(H,17,18,20)/t11-,16+. The molecule has 1 fully saturated rings. The Labute approximate surface area is 129 Å². The van der Waals surface area contributed by atoms with Crippen LogP contribution in [0.4, 0.5) is 5.95 Å². The molecule has 0 aliphatic heterocycles. The second-order valence-corrected chi connectivity index (χ2v) is 6.34. The summed E-state index contributed by atoms with van der Waals surface area (Å²) < 4.78 is 0. The fourth-order valence-electron chi connectivity index (χ4n) is 2.84. The minimum Gasteiger partial charge on any atom is -0.507 e. The van der Waals surface area contributed by atoms with Crippen molar-refractivity contribution in [3.05, 3.63) is 29.5 Å². The predicted molar refractivity (Wildman–Crippen MR) is 83.7 cm³/mol. The number of phenolic OH excluding ortho intramolecular Hbond substituents is 1. The largest absolute Gasteiger partial charge is 0.507 e. The van der Waals surface area contributed by atoms with Gasteiger partial charge in [0.05, 0.1) is 11.3 Å². The van der Waals surface area contributed by atoms with Crippen molar-refractivity contribution in [3.63, 3.8) is 0 Å². The number of anilines is 1. The topological polar surface area (TPSA) is 91.2 Å². The molecule has 3 rings (SSSR count). The van der Waals surface area contributed by atoms with Gasteiger partial charge in [0.1, 0.15) is 11.4 Å². The number of hydrogen-bond acceptors (Lipinski definition) is 6. The van der Waals surface area contributed by atoms with Crippen LogP contribution in [0.2, 0.25) is 0 Å². The van der Waals surface area contributed by atoms with Gasteiger partial charge in [-0.15, -0.1) is 10.2 Å². The lowest BCUT2D eigenvalue weighted by molar-refractivity contribution is -0.0236. The number of aromatic hydroxyl groups is 1. The van der Waals surface area contributed by atoms with Gasteiger partial charge in [-0.2, -0.15) is 0 Å². The number of aliphatic hydroxyl groups is 1. The van der Waals surface area contributed by atoms with E-state index in [0.717, 1.165) is 5.56 Å². The van der Waals surface area contributed by atoms with Crippen LogP contribution in [0.15, 0.2) is 18.2 Å². The van der Waals surface area contributed by atoms with Crippen LogP contribution < -0.4 is 5.32 Å². The van der Waals surface area contributed by atoms with Crippen LogP contribution in [0.5, 0.6) is 5.75 Å². The molecular weight excluding hydrogens is 280 g/mol. The van der Waals surface area contributed by atoms with Crippen LogP contribution in [0.25, 0.3) is 11.3 Å². The van der Waals surface area contributed by atoms with Crippen LogP contribution in [-0.2, 0) is 0 Å². The Morgan fingerprint density at radius 3 is 2.55 bits per heavy atom. The first kappa shape index (κ1) is 14.7. The van der Waals surface area contributed by atoms with Gasteiger partial charge in [0.15, 0.2) is 0 Å². The molecule has 116 valence electrons. The molecule has 0 unspecified atom stereocenters. The molecule has 6 nitrogen and oxygen atoms in total. The fraction of sp³-hybridized carbons (Fsp3) is 0.438. The summed E-state index contributed by atoms with van der Waals surface area (Å²) in [5.74, 6) is 0.628. The summed E-state index contributed by atoms with van der Waals surface area (Å²) in [5, 5.41) is 31.2. The number of nitrogens with zero attached hydrogens (tertiary/aromatic N) is 3. The highest BCUT2D eigenvalue weighted by Gasteiger charge is 2.38. The van der Waals surface area contributed by atoms with Crippen LogP contribution in [0.3, 0.4) is 0 Å². The van der Waals surface area contributed by atoms with Gasteiger partial charge in [-0.3, -0.25) is 0 Å². The zero-order valence-corrected chi connectivity index (χ0v) is 13.0. The number of nitrogens with one attached hydrogen (secondary N) is 1. The van der Waals surface area contributed by atoms with Crippen LogP contribution in [-0.4, -0.2) is 37.0 Å². The zero-order chi connectivity index (χ0) is 15.9. The third-order valence-corrected chi connectivity index (χ3v) is 3.97. The Hall–Kier alpha value is -2.21. The van der Waals surface area contributed by atoms with E-state index in [-0.39, 0.29) is 11.8 Å². The van der Waals surface area contributed by atoms with E-state index in [1.165, 1.54) is 0 Å². The monoisotopic (exact) mass is 300 g/mol. The maximum absolute atomic E-state index is 10.0. The second-order valence-electron chi connectivity index (χ2n) is 6.34. The Balaban J connectivity index is 1.80. The first-order valence-corrected chi connectivity index (χ1v) is 7.34. The maximum atomic E-state index is 10.0. The molecule has 0 saturated heterocycles. The van der Waals surface area contributed by atoms with Crippen LogP contribution in [0.1, 0.15) is 31.0 Å². The van der Waals surface area contributed by atoms with E-state index in [1.54, 1.807) is 6.07 Å².